The van der Waals surface area contributed by atoms with Gasteiger partial charge in [-0.2, -0.15) is 0 Å². The van der Waals surface area contributed by atoms with Crippen molar-refractivity contribution < 1.29 is 34.2 Å². The highest BCUT2D eigenvalue weighted by atomic mass is 16.4. The van der Waals surface area contributed by atoms with Crippen molar-refractivity contribution in [2.24, 2.45) is 39.4 Å². The van der Waals surface area contributed by atoms with Crippen molar-refractivity contribution in [1.29, 1.82) is 0 Å². The molecule has 0 bridgehead atoms. The van der Waals surface area contributed by atoms with Crippen molar-refractivity contribution in [2.45, 2.75) is 80.3 Å². The summed E-state index contributed by atoms with van der Waals surface area (Å²) >= 11 is 0. The number of hydrogen-bond acceptors (Lipinski definition) is 6. The van der Waals surface area contributed by atoms with Gasteiger partial charge in [0.25, 0.3) is 0 Å². The molecule has 35 heavy (non-hydrogen) atoms. The van der Waals surface area contributed by atoms with Crippen molar-refractivity contribution >= 4 is 29.1 Å². The molecule has 0 heterocycles. The third-order valence-corrected chi connectivity index (χ3v) is 10.4. The van der Waals surface area contributed by atoms with Crippen LogP contribution in [0.5, 0.6) is 0 Å². The van der Waals surface area contributed by atoms with Crippen LogP contribution in [-0.2, 0) is 24.0 Å². The van der Waals surface area contributed by atoms with E-state index in [4.69, 9.17) is 0 Å². The van der Waals surface area contributed by atoms with Crippen molar-refractivity contribution in [3.8, 4) is 0 Å². The Kier molecular flexibility index (Phi) is 5.54. The van der Waals surface area contributed by atoms with Gasteiger partial charge in [-0.25, -0.2) is 0 Å². The highest BCUT2D eigenvalue weighted by Gasteiger charge is 2.68. The van der Waals surface area contributed by atoms with Crippen LogP contribution in [0.1, 0.15) is 74.1 Å². The lowest BCUT2D eigenvalue weighted by Crippen LogP contribution is -2.60. The second-order valence-electron chi connectivity index (χ2n) is 12.4. The molecule has 7 heteroatoms. The van der Waals surface area contributed by atoms with Gasteiger partial charge < -0.3 is 10.2 Å². The molecule has 0 saturated heterocycles. The van der Waals surface area contributed by atoms with E-state index >= 15 is 0 Å². The number of rotatable bonds is 4. The topological polar surface area (TPSA) is 126 Å². The number of aliphatic carboxylic acids is 1. The fourth-order valence-electron chi connectivity index (χ4n) is 7.96. The fourth-order valence-corrected chi connectivity index (χ4v) is 7.96. The van der Waals surface area contributed by atoms with Crippen molar-refractivity contribution in [1.82, 2.24) is 0 Å². The largest absolute Gasteiger partial charge is 0.481 e. The van der Waals surface area contributed by atoms with Crippen LogP contribution in [-0.4, -0.2) is 45.4 Å². The van der Waals surface area contributed by atoms with Crippen LogP contribution in [0, 0.1) is 39.4 Å². The summed E-state index contributed by atoms with van der Waals surface area (Å²) < 4.78 is 0. The van der Waals surface area contributed by atoms with Crippen LogP contribution in [0.25, 0.3) is 0 Å². The molecule has 0 aromatic rings. The third-order valence-electron chi connectivity index (χ3n) is 10.4. The molecule has 4 aliphatic carbocycles. The van der Waals surface area contributed by atoms with Crippen LogP contribution in [0.4, 0.5) is 0 Å². The van der Waals surface area contributed by atoms with E-state index in [0.717, 1.165) is 0 Å². The minimum Gasteiger partial charge on any atom is -0.481 e. The number of aliphatic hydroxyl groups excluding tert-OH is 1. The average Bonchev–Trinajstić information content (AvgIpc) is 2.97. The summed E-state index contributed by atoms with van der Waals surface area (Å²) in [7, 11) is 0. The Morgan fingerprint density at radius 1 is 1.06 bits per heavy atom. The standard InChI is InChI=1S/C28H36O7/c1-13(23(33)14(2)24(34)35)15-10-20(32)28(7)22-16(29)11-18-25(3,4)19(31)8-9-26(18,5)21(22)17(30)12-27(15,28)6/h10,13-14,16,18,29H,8-9,11-12H2,1-7H3,(H,34,35)/t13-,14?,16-,18?,26-,27+,28-/m0/s1. The fraction of sp³-hybridized carbons (Fsp3) is 0.679. The summed E-state index contributed by atoms with van der Waals surface area (Å²) in [6, 6.07) is 0. The molecule has 0 aliphatic heterocycles. The average molecular weight is 485 g/mol. The number of hydrogen-bond donors (Lipinski definition) is 2. The maximum atomic E-state index is 13.9. The van der Waals surface area contributed by atoms with E-state index in [9.17, 15) is 34.2 Å². The van der Waals surface area contributed by atoms with Crippen molar-refractivity contribution in [3.63, 3.8) is 0 Å². The summed E-state index contributed by atoms with van der Waals surface area (Å²) in [6.45, 7) is 12.2. The molecule has 190 valence electrons. The van der Waals surface area contributed by atoms with E-state index in [1.807, 2.05) is 20.8 Å². The van der Waals surface area contributed by atoms with Crippen LogP contribution < -0.4 is 0 Å². The molecule has 4 aliphatic rings. The van der Waals surface area contributed by atoms with Gasteiger partial charge in [-0.05, 0) is 49.8 Å². The minimum absolute atomic E-state index is 0.0115. The van der Waals surface area contributed by atoms with Gasteiger partial charge in [-0.3, -0.25) is 24.0 Å². The van der Waals surface area contributed by atoms with Gasteiger partial charge in [0.15, 0.2) is 17.3 Å². The zero-order chi connectivity index (χ0) is 26.5. The van der Waals surface area contributed by atoms with E-state index in [1.165, 1.54) is 13.0 Å². The molecular formula is C28H36O7. The molecule has 0 amide bonds. The van der Waals surface area contributed by atoms with Gasteiger partial charge >= 0.3 is 5.97 Å². The highest BCUT2D eigenvalue weighted by Crippen LogP contribution is 2.69. The van der Waals surface area contributed by atoms with E-state index in [0.29, 0.717) is 29.6 Å². The summed E-state index contributed by atoms with van der Waals surface area (Å²) in [4.78, 5) is 64.8. The van der Waals surface area contributed by atoms with Gasteiger partial charge in [-0.15, -0.1) is 0 Å². The summed E-state index contributed by atoms with van der Waals surface area (Å²) in [5.41, 5.74) is -2.25. The lowest BCUT2D eigenvalue weighted by molar-refractivity contribution is -0.147. The Hall–Kier alpha value is -2.41. The molecule has 2 unspecified atom stereocenters. The smallest absolute Gasteiger partial charge is 0.313 e. The lowest BCUT2D eigenvalue weighted by Gasteiger charge is -2.60. The first kappa shape index (κ1) is 25.7. The zero-order valence-electron chi connectivity index (χ0n) is 21.7. The monoisotopic (exact) mass is 484 g/mol. The second-order valence-corrected chi connectivity index (χ2v) is 12.4. The Morgan fingerprint density at radius 2 is 1.66 bits per heavy atom. The van der Waals surface area contributed by atoms with E-state index in [2.05, 4.69) is 0 Å². The molecule has 1 fully saturated rings. The molecule has 0 aromatic heterocycles. The van der Waals surface area contributed by atoms with E-state index in [1.54, 1.807) is 20.8 Å². The van der Waals surface area contributed by atoms with Gasteiger partial charge in [-0.1, -0.05) is 34.6 Å². The summed E-state index contributed by atoms with van der Waals surface area (Å²) in [5, 5.41) is 20.8. The number of carboxylic acids is 1. The molecule has 7 nitrogen and oxygen atoms in total. The SMILES string of the molecule is CC(C(=O)O)C(=O)[C@@H](C)C1=CC(=O)[C@@]2(C)C3=C(C(=O)C[C@]12C)[C@@]1(C)CCC(=O)C(C)(C)C1C[C@@H]3O. The van der Waals surface area contributed by atoms with Crippen LogP contribution >= 0.6 is 0 Å². The molecule has 0 spiro atoms. The second kappa shape index (κ2) is 7.55. The van der Waals surface area contributed by atoms with Gasteiger partial charge in [0.1, 0.15) is 11.7 Å². The normalized spacial score (nSPS) is 39.9. The first-order valence-electron chi connectivity index (χ1n) is 12.5. The van der Waals surface area contributed by atoms with Crippen LogP contribution in [0.3, 0.4) is 0 Å². The van der Waals surface area contributed by atoms with Crippen molar-refractivity contribution in [3.05, 3.63) is 22.8 Å². The number of allylic oxidation sites excluding steroid dienone is 3. The number of fused-ring (bicyclic) bond motifs is 4. The Balaban J connectivity index is 1.88. The Morgan fingerprint density at radius 3 is 2.23 bits per heavy atom. The number of carboxylic acid groups (broad SMARTS) is 1. The Bertz CT molecular complexity index is 1140. The number of Topliss-reactive ketones (excluding diaryl/α,β-unsaturated/α-hetero) is 3. The Labute approximate surface area is 206 Å². The maximum absolute atomic E-state index is 13.9. The summed E-state index contributed by atoms with van der Waals surface area (Å²) in [5.74, 6) is -4.40. The quantitative estimate of drug-likeness (QED) is 0.585. The first-order valence-corrected chi connectivity index (χ1v) is 12.5. The predicted octanol–water partition coefficient (Wildman–Crippen LogP) is 3.48. The van der Waals surface area contributed by atoms with Crippen LogP contribution in [0.2, 0.25) is 0 Å². The minimum atomic E-state index is -1.24. The van der Waals surface area contributed by atoms with Gasteiger partial charge in [0, 0.05) is 40.6 Å². The molecule has 1 saturated carbocycles. The molecule has 4 rings (SSSR count). The number of aliphatic hydroxyl groups is 1. The van der Waals surface area contributed by atoms with E-state index in [-0.39, 0.29) is 36.1 Å². The maximum Gasteiger partial charge on any atom is 0.313 e. The summed E-state index contributed by atoms with van der Waals surface area (Å²) in [6.07, 6.45) is 1.44. The predicted molar refractivity (Wildman–Crippen MR) is 127 cm³/mol. The van der Waals surface area contributed by atoms with Gasteiger partial charge in [0.2, 0.25) is 0 Å². The van der Waals surface area contributed by atoms with E-state index < -0.39 is 51.4 Å². The molecule has 0 radical (unpaired) electrons. The number of ketones is 4. The zero-order valence-corrected chi connectivity index (χ0v) is 21.7. The molecule has 7 atom stereocenters. The highest BCUT2D eigenvalue weighted by molar-refractivity contribution is 6.11. The number of carbonyl (C=O) groups excluding carboxylic acids is 4. The molecular weight excluding hydrogens is 448 g/mol. The van der Waals surface area contributed by atoms with Crippen LogP contribution in [0.15, 0.2) is 22.8 Å². The number of carbonyl (C=O) groups is 5. The molecule has 2 N–H and O–H groups in total. The third kappa shape index (κ3) is 3.03. The first-order chi connectivity index (χ1) is 16.0. The lowest BCUT2D eigenvalue weighted by atomic mass is 9.42. The van der Waals surface area contributed by atoms with Crippen molar-refractivity contribution in [2.75, 3.05) is 0 Å². The van der Waals surface area contributed by atoms with Gasteiger partial charge in [0.05, 0.1) is 11.5 Å². The molecule has 0 aromatic carbocycles.